The summed E-state index contributed by atoms with van der Waals surface area (Å²) in [6.07, 6.45) is 2.30. The van der Waals surface area contributed by atoms with Crippen molar-refractivity contribution >= 4 is 6.03 Å². The topological polar surface area (TPSA) is 58.8 Å². The molecule has 15 heavy (non-hydrogen) atoms. The van der Waals surface area contributed by atoms with Crippen LogP contribution in [0.15, 0.2) is 0 Å². The van der Waals surface area contributed by atoms with Crippen LogP contribution in [0, 0.1) is 0 Å². The summed E-state index contributed by atoms with van der Waals surface area (Å²) in [7, 11) is 1.88. The van der Waals surface area contributed by atoms with Gasteiger partial charge < -0.3 is 20.3 Å². The lowest BCUT2D eigenvalue weighted by Gasteiger charge is -2.35. The first-order chi connectivity index (χ1) is 7.22. The lowest BCUT2D eigenvalue weighted by molar-refractivity contribution is -0.0133. The average Bonchev–Trinajstić information content (AvgIpc) is 3.11. The minimum atomic E-state index is 0.00954. The molecule has 1 saturated carbocycles. The summed E-state index contributed by atoms with van der Waals surface area (Å²) in [6.45, 7) is 2.40. The maximum atomic E-state index is 12.0. The quantitative estimate of drug-likeness (QED) is 0.694. The molecule has 2 aliphatic rings. The van der Waals surface area contributed by atoms with Gasteiger partial charge in [0.05, 0.1) is 12.7 Å². The Bertz CT molecular complexity index is 243. The van der Waals surface area contributed by atoms with Crippen LogP contribution >= 0.6 is 0 Å². The molecule has 0 aromatic rings. The average molecular weight is 213 g/mol. The van der Waals surface area contributed by atoms with Crippen molar-refractivity contribution in [1.29, 1.82) is 0 Å². The number of carbonyl (C=O) groups is 1. The normalized spacial score (nSPS) is 26.5. The van der Waals surface area contributed by atoms with Crippen molar-refractivity contribution in [3.8, 4) is 0 Å². The Balaban J connectivity index is 1.88. The highest BCUT2D eigenvalue weighted by molar-refractivity contribution is 5.75. The van der Waals surface area contributed by atoms with E-state index in [1.54, 1.807) is 0 Å². The van der Waals surface area contributed by atoms with Crippen molar-refractivity contribution in [3.05, 3.63) is 0 Å². The summed E-state index contributed by atoms with van der Waals surface area (Å²) in [5.74, 6) is 0. The van der Waals surface area contributed by atoms with Crippen molar-refractivity contribution in [3.63, 3.8) is 0 Å². The van der Waals surface area contributed by atoms with Crippen LogP contribution in [0.25, 0.3) is 0 Å². The Morgan fingerprint density at radius 1 is 1.60 bits per heavy atom. The van der Waals surface area contributed by atoms with Crippen LogP contribution in [0.1, 0.15) is 12.8 Å². The Labute approximate surface area is 90.1 Å². The molecule has 0 radical (unpaired) electrons. The molecule has 1 heterocycles. The molecule has 1 atom stereocenters. The molecule has 1 aliphatic carbocycles. The van der Waals surface area contributed by atoms with E-state index in [1.807, 2.05) is 16.8 Å². The van der Waals surface area contributed by atoms with E-state index in [-0.39, 0.29) is 12.1 Å². The second kappa shape index (κ2) is 4.37. The zero-order chi connectivity index (χ0) is 10.8. The molecule has 0 spiro atoms. The van der Waals surface area contributed by atoms with Crippen molar-refractivity contribution in [2.75, 3.05) is 33.3 Å². The zero-order valence-electron chi connectivity index (χ0n) is 9.19. The maximum absolute atomic E-state index is 12.0. The minimum absolute atomic E-state index is 0.00954. The molecular weight excluding hydrogens is 194 g/mol. The van der Waals surface area contributed by atoms with Crippen LogP contribution in [0.5, 0.6) is 0 Å². The van der Waals surface area contributed by atoms with Gasteiger partial charge in [0.1, 0.15) is 0 Å². The molecule has 2 N–H and O–H groups in total. The molecule has 5 heteroatoms. The van der Waals surface area contributed by atoms with E-state index >= 15 is 0 Å². The summed E-state index contributed by atoms with van der Waals surface area (Å²) in [4.78, 5) is 15.7. The molecule has 1 aliphatic heterocycles. The fourth-order valence-electron chi connectivity index (χ4n) is 1.88. The summed E-state index contributed by atoms with van der Waals surface area (Å²) in [5, 5.41) is 0. The zero-order valence-corrected chi connectivity index (χ0v) is 9.19. The van der Waals surface area contributed by atoms with Crippen LogP contribution in [0.4, 0.5) is 4.79 Å². The smallest absolute Gasteiger partial charge is 0.320 e. The van der Waals surface area contributed by atoms with Gasteiger partial charge in [0.25, 0.3) is 0 Å². The van der Waals surface area contributed by atoms with Gasteiger partial charge in [-0.3, -0.25) is 0 Å². The van der Waals surface area contributed by atoms with Gasteiger partial charge in [-0.15, -0.1) is 0 Å². The number of nitrogens with zero attached hydrogens (tertiary/aromatic N) is 2. The Kier molecular flexibility index (Phi) is 3.11. The van der Waals surface area contributed by atoms with E-state index in [0.29, 0.717) is 32.3 Å². The van der Waals surface area contributed by atoms with Gasteiger partial charge >= 0.3 is 6.03 Å². The van der Waals surface area contributed by atoms with Crippen molar-refractivity contribution in [2.24, 2.45) is 5.73 Å². The molecule has 2 rings (SSSR count). The van der Waals surface area contributed by atoms with Crippen LogP contribution < -0.4 is 5.73 Å². The molecule has 2 fully saturated rings. The molecule has 0 aromatic carbocycles. The molecule has 86 valence electrons. The second-order valence-electron chi connectivity index (χ2n) is 4.30. The van der Waals surface area contributed by atoms with Gasteiger partial charge in [0.15, 0.2) is 0 Å². The van der Waals surface area contributed by atoms with E-state index in [1.165, 1.54) is 0 Å². The first-order valence-corrected chi connectivity index (χ1v) is 5.55. The van der Waals surface area contributed by atoms with Gasteiger partial charge in [-0.2, -0.15) is 0 Å². The van der Waals surface area contributed by atoms with E-state index in [9.17, 15) is 4.79 Å². The highest BCUT2D eigenvalue weighted by Gasteiger charge is 2.33. The Hall–Kier alpha value is -0.810. The monoisotopic (exact) mass is 213 g/mol. The first-order valence-electron chi connectivity index (χ1n) is 5.55. The number of hydrogen-bond donors (Lipinski definition) is 1. The third-order valence-corrected chi connectivity index (χ3v) is 3.07. The number of ether oxygens (including phenoxy) is 1. The van der Waals surface area contributed by atoms with Crippen molar-refractivity contribution in [1.82, 2.24) is 9.80 Å². The second-order valence-corrected chi connectivity index (χ2v) is 4.30. The molecule has 5 nitrogen and oxygen atoms in total. The van der Waals surface area contributed by atoms with E-state index in [4.69, 9.17) is 10.5 Å². The van der Waals surface area contributed by atoms with Crippen LogP contribution in [0.2, 0.25) is 0 Å². The number of carbonyl (C=O) groups excluding carboxylic acids is 1. The van der Waals surface area contributed by atoms with Crippen molar-refractivity contribution < 1.29 is 9.53 Å². The maximum Gasteiger partial charge on any atom is 0.320 e. The summed E-state index contributed by atoms with van der Waals surface area (Å²) >= 11 is 0. The summed E-state index contributed by atoms with van der Waals surface area (Å²) in [5.41, 5.74) is 5.54. The molecule has 1 saturated heterocycles. The van der Waals surface area contributed by atoms with Gasteiger partial charge in [-0.25, -0.2) is 4.79 Å². The van der Waals surface area contributed by atoms with Gasteiger partial charge in [0.2, 0.25) is 0 Å². The van der Waals surface area contributed by atoms with Crippen molar-refractivity contribution in [2.45, 2.75) is 25.0 Å². The predicted octanol–water partition coefficient (Wildman–Crippen LogP) is -0.140. The highest BCUT2D eigenvalue weighted by Crippen LogP contribution is 2.26. The number of urea groups is 1. The summed E-state index contributed by atoms with van der Waals surface area (Å²) < 4.78 is 5.43. The minimum Gasteiger partial charge on any atom is -0.373 e. The standard InChI is InChI=1S/C10H19N3O2/c1-12(8-2-3-8)10(14)13-4-5-15-9(6-11)7-13/h8-9H,2-7,11H2,1H3. The van der Waals surface area contributed by atoms with Crippen LogP contribution in [-0.2, 0) is 4.74 Å². The largest absolute Gasteiger partial charge is 0.373 e. The number of morpholine rings is 1. The predicted molar refractivity (Wildman–Crippen MR) is 56.5 cm³/mol. The molecule has 0 aromatic heterocycles. The van der Waals surface area contributed by atoms with Crippen LogP contribution in [-0.4, -0.2) is 61.3 Å². The number of nitrogens with two attached hydrogens (primary N) is 1. The highest BCUT2D eigenvalue weighted by atomic mass is 16.5. The fourth-order valence-corrected chi connectivity index (χ4v) is 1.88. The SMILES string of the molecule is CN(C(=O)N1CCOC(CN)C1)C1CC1. The lowest BCUT2D eigenvalue weighted by atomic mass is 10.3. The molecule has 2 amide bonds. The number of hydrogen-bond acceptors (Lipinski definition) is 3. The molecular formula is C10H19N3O2. The lowest BCUT2D eigenvalue weighted by Crippen LogP contribution is -2.52. The Morgan fingerprint density at radius 3 is 2.93 bits per heavy atom. The molecule has 0 bridgehead atoms. The van der Waals surface area contributed by atoms with Gasteiger partial charge in [-0.05, 0) is 12.8 Å². The van der Waals surface area contributed by atoms with Crippen LogP contribution in [0.3, 0.4) is 0 Å². The molecule has 1 unspecified atom stereocenters. The van der Waals surface area contributed by atoms with Gasteiger partial charge in [-0.1, -0.05) is 0 Å². The van der Waals surface area contributed by atoms with E-state index in [0.717, 1.165) is 12.8 Å². The van der Waals surface area contributed by atoms with E-state index < -0.39 is 0 Å². The fraction of sp³-hybridized carbons (Fsp3) is 0.900. The van der Waals surface area contributed by atoms with Gasteiger partial charge in [0, 0.05) is 32.7 Å². The number of rotatable bonds is 2. The number of amides is 2. The Morgan fingerprint density at radius 2 is 2.33 bits per heavy atom. The third-order valence-electron chi connectivity index (χ3n) is 3.07. The summed E-state index contributed by atoms with van der Waals surface area (Å²) in [6, 6.07) is 0.593. The first kappa shape index (κ1) is 10.7. The van der Waals surface area contributed by atoms with E-state index in [2.05, 4.69) is 0 Å². The third kappa shape index (κ3) is 2.41.